The average molecular weight is 437 g/mol. The first-order valence-electron chi connectivity index (χ1n) is 10.1. The average Bonchev–Trinajstić information content (AvgIpc) is 3.39. The number of amides is 1. The first-order valence-corrected chi connectivity index (χ1v) is 10.1. The Morgan fingerprint density at radius 3 is 2.52 bits per heavy atom. The first kappa shape index (κ1) is 21.4. The second kappa shape index (κ2) is 8.33. The van der Waals surface area contributed by atoms with Crippen LogP contribution in [-0.4, -0.2) is 52.7 Å². The Hall–Kier alpha value is -2.88. The fourth-order valence-corrected chi connectivity index (χ4v) is 3.86. The van der Waals surface area contributed by atoms with Crippen molar-refractivity contribution in [1.82, 2.24) is 15.4 Å². The molecule has 2 fully saturated rings. The zero-order valence-electron chi connectivity index (χ0n) is 16.6. The summed E-state index contributed by atoms with van der Waals surface area (Å²) in [5.74, 6) is -1.46. The van der Waals surface area contributed by atoms with E-state index in [1.54, 1.807) is 0 Å². The van der Waals surface area contributed by atoms with E-state index in [4.69, 9.17) is 4.52 Å². The molecule has 1 aliphatic carbocycles. The highest BCUT2D eigenvalue weighted by Gasteiger charge is 2.37. The molecule has 2 N–H and O–H groups in total. The summed E-state index contributed by atoms with van der Waals surface area (Å²) in [5.41, 5.74) is -0.503. The van der Waals surface area contributed by atoms with Gasteiger partial charge in [-0.3, -0.25) is 9.59 Å². The third-order valence-electron chi connectivity index (χ3n) is 5.78. The molecule has 7 nitrogen and oxygen atoms in total. The number of halogens is 3. The van der Waals surface area contributed by atoms with Gasteiger partial charge in [0, 0.05) is 37.3 Å². The van der Waals surface area contributed by atoms with Crippen LogP contribution in [0.4, 0.5) is 13.2 Å². The Balaban J connectivity index is 1.40. The Bertz CT molecular complexity index is 954. The highest BCUT2D eigenvalue weighted by molar-refractivity contribution is 5.93. The largest absolute Gasteiger partial charge is 0.481 e. The molecule has 0 unspecified atom stereocenters. The van der Waals surface area contributed by atoms with E-state index < -0.39 is 35.6 Å². The lowest BCUT2D eigenvalue weighted by Crippen LogP contribution is -2.53. The number of nitrogens with one attached hydrogen (secondary N) is 1. The smallest absolute Gasteiger partial charge is 0.416 e. The Morgan fingerprint density at radius 1 is 1.19 bits per heavy atom. The van der Waals surface area contributed by atoms with Gasteiger partial charge in [-0.1, -0.05) is 17.3 Å². The van der Waals surface area contributed by atoms with Crippen LogP contribution in [0.25, 0.3) is 11.3 Å². The minimum atomic E-state index is -4.44. The van der Waals surface area contributed by atoms with Gasteiger partial charge in [0.05, 0.1) is 11.5 Å². The Kier molecular flexibility index (Phi) is 5.74. The van der Waals surface area contributed by atoms with Crippen LogP contribution >= 0.6 is 0 Å². The molecule has 1 amide bonds. The van der Waals surface area contributed by atoms with Crippen LogP contribution in [0.5, 0.6) is 0 Å². The number of hydrogen-bond donors (Lipinski definition) is 2. The summed E-state index contributed by atoms with van der Waals surface area (Å²) in [5, 5.41) is 16.0. The summed E-state index contributed by atoms with van der Waals surface area (Å²) in [6.45, 7) is 1.98. The van der Waals surface area contributed by atoms with Gasteiger partial charge in [-0.2, -0.15) is 13.2 Å². The third-order valence-corrected chi connectivity index (χ3v) is 5.78. The van der Waals surface area contributed by atoms with Gasteiger partial charge in [-0.15, -0.1) is 0 Å². The normalized spacial score (nSPS) is 22.3. The Morgan fingerprint density at radius 2 is 1.90 bits per heavy atom. The molecule has 1 saturated heterocycles. The summed E-state index contributed by atoms with van der Waals surface area (Å²) < 4.78 is 43.2. The van der Waals surface area contributed by atoms with Gasteiger partial charge < -0.3 is 19.8 Å². The molecule has 2 heterocycles. The molecular weight excluding hydrogens is 415 g/mol. The van der Waals surface area contributed by atoms with Crippen LogP contribution in [0.1, 0.15) is 35.3 Å². The summed E-state index contributed by atoms with van der Waals surface area (Å²) >= 11 is 0. The zero-order chi connectivity index (χ0) is 22.2. The molecule has 1 aliphatic heterocycles. The topological polar surface area (TPSA) is 95.7 Å². The minimum Gasteiger partial charge on any atom is -0.481 e. The summed E-state index contributed by atoms with van der Waals surface area (Å²) in [4.78, 5) is 26.5. The predicted octanol–water partition coefficient (Wildman–Crippen LogP) is 3.28. The van der Waals surface area contributed by atoms with Crippen molar-refractivity contribution >= 4 is 11.9 Å². The zero-order valence-corrected chi connectivity index (χ0v) is 16.6. The number of piperidine rings is 1. The fraction of sp³-hybridized carbons (Fsp3) is 0.476. The van der Waals surface area contributed by atoms with E-state index in [0.717, 1.165) is 18.7 Å². The lowest BCUT2D eigenvalue weighted by atomic mass is 9.91. The number of carbonyl (C=O) groups excluding carboxylic acids is 1. The molecule has 2 aromatic rings. The van der Waals surface area contributed by atoms with Crippen LogP contribution in [0.3, 0.4) is 0 Å². The molecule has 2 aliphatic rings. The second-order valence-corrected chi connectivity index (χ2v) is 8.17. The summed E-state index contributed by atoms with van der Waals surface area (Å²) in [7, 11) is 0. The molecule has 1 aromatic carbocycles. The van der Waals surface area contributed by atoms with Crippen LogP contribution < -0.4 is 5.32 Å². The maximum Gasteiger partial charge on any atom is 0.416 e. The maximum atomic E-state index is 12.7. The number of rotatable bonds is 6. The molecule has 0 spiro atoms. The van der Waals surface area contributed by atoms with E-state index in [1.807, 2.05) is 0 Å². The lowest BCUT2D eigenvalue weighted by molar-refractivity contribution is -0.144. The van der Waals surface area contributed by atoms with Gasteiger partial charge in [0.2, 0.25) is 0 Å². The van der Waals surface area contributed by atoms with E-state index in [9.17, 15) is 27.9 Å². The van der Waals surface area contributed by atoms with Gasteiger partial charge in [-0.05, 0) is 37.3 Å². The number of carboxylic acids is 1. The molecule has 4 rings (SSSR count). The molecule has 1 saturated carbocycles. The number of nitrogens with zero attached hydrogens (tertiary/aromatic N) is 2. The number of likely N-dealkylation sites (tertiary alicyclic amines) is 1. The fourth-order valence-electron chi connectivity index (χ4n) is 3.86. The van der Waals surface area contributed by atoms with E-state index >= 15 is 0 Å². The number of alkyl halides is 3. The molecule has 2 atom stereocenters. The van der Waals surface area contributed by atoms with E-state index in [2.05, 4.69) is 15.4 Å². The van der Waals surface area contributed by atoms with Gasteiger partial charge in [0.25, 0.3) is 5.91 Å². The first-order chi connectivity index (χ1) is 14.7. The molecule has 0 radical (unpaired) electrons. The van der Waals surface area contributed by atoms with Crippen molar-refractivity contribution in [2.24, 2.45) is 11.8 Å². The van der Waals surface area contributed by atoms with Crippen molar-refractivity contribution in [2.45, 2.75) is 31.5 Å². The number of aromatic nitrogens is 1. The predicted molar refractivity (Wildman–Crippen MR) is 103 cm³/mol. The number of carboxylic acid groups (broad SMARTS) is 1. The molecule has 0 bridgehead atoms. The quantitative estimate of drug-likeness (QED) is 0.720. The van der Waals surface area contributed by atoms with Crippen LogP contribution in [0.2, 0.25) is 0 Å². The van der Waals surface area contributed by atoms with Crippen LogP contribution in [0.15, 0.2) is 34.9 Å². The number of aliphatic carboxylic acids is 1. The molecule has 10 heteroatoms. The van der Waals surface area contributed by atoms with Gasteiger partial charge in [0.1, 0.15) is 0 Å². The third kappa shape index (κ3) is 5.07. The number of hydrogen-bond acceptors (Lipinski definition) is 5. The van der Waals surface area contributed by atoms with Crippen molar-refractivity contribution in [1.29, 1.82) is 0 Å². The van der Waals surface area contributed by atoms with Crippen molar-refractivity contribution in [3.63, 3.8) is 0 Å². The number of benzene rings is 1. The van der Waals surface area contributed by atoms with Gasteiger partial charge in [0.15, 0.2) is 11.5 Å². The molecule has 166 valence electrons. The van der Waals surface area contributed by atoms with Crippen molar-refractivity contribution in [3.8, 4) is 11.3 Å². The van der Waals surface area contributed by atoms with Crippen molar-refractivity contribution in [3.05, 3.63) is 41.6 Å². The standard InChI is InChI=1S/C21H22F3N3O4/c22-21(23,24)14-5-3-13(4-6-14)18-9-17(26-31-18)19(28)25-16-7-8-27(10-12-1-2-12)11-15(16)20(29)30/h3-6,9,12,15-16H,1-2,7-8,10-11H2,(H,25,28)(H,29,30)/t15-,16-/m1/s1. The number of carbonyl (C=O) groups is 2. The van der Waals surface area contributed by atoms with Crippen molar-refractivity contribution in [2.75, 3.05) is 19.6 Å². The maximum absolute atomic E-state index is 12.7. The van der Waals surface area contributed by atoms with Crippen molar-refractivity contribution < 1.29 is 32.4 Å². The highest BCUT2D eigenvalue weighted by Crippen LogP contribution is 2.32. The van der Waals surface area contributed by atoms with Crippen LogP contribution in [0, 0.1) is 11.8 Å². The van der Waals surface area contributed by atoms with Gasteiger partial charge >= 0.3 is 12.1 Å². The summed E-state index contributed by atoms with van der Waals surface area (Å²) in [6.07, 6.45) is -1.57. The minimum absolute atomic E-state index is 0.0561. The molecule has 31 heavy (non-hydrogen) atoms. The van der Waals surface area contributed by atoms with E-state index in [-0.39, 0.29) is 11.5 Å². The monoisotopic (exact) mass is 437 g/mol. The van der Waals surface area contributed by atoms with Crippen LogP contribution in [-0.2, 0) is 11.0 Å². The van der Waals surface area contributed by atoms with Gasteiger partial charge in [-0.25, -0.2) is 0 Å². The van der Waals surface area contributed by atoms with E-state index in [0.29, 0.717) is 31.0 Å². The Labute approximate surface area is 176 Å². The second-order valence-electron chi connectivity index (χ2n) is 8.17. The summed E-state index contributed by atoms with van der Waals surface area (Å²) in [6, 6.07) is 5.11. The highest BCUT2D eigenvalue weighted by atomic mass is 19.4. The molecular formula is C21H22F3N3O4. The SMILES string of the molecule is O=C(N[C@@H]1CCN(CC2CC2)C[C@H]1C(=O)O)c1cc(-c2ccc(C(F)(F)F)cc2)on1. The lowest BCUT2D eigenvalue weighted by Gasteiger charge is -2.36. The molecule has 1 aromatic heterocycles. The van der Waals surface area contributed by atoms with E-state index in [1.165, 1.54) is 31.0 Å².